The van der Waals surface area contributed by atoms with Gasteiger partial charge >= 0.3 is 0 Å². The van der Waals surface area contributed by atoms with Crippen LogP contribution in [-0.2, 0) is 0 Å². The molecule has 0 aliphatic carbocycles. The molecule has 0 aliphatic heterocycles. The molecule has 6 nitrogen and oxygen atoms in total. The number of carbonyl (C=O) groups is 1. The summed E-state index contributed by atoms with van der Waals surface area (Å²) in [5.74, 6) is 1.12. The van der Waals surface area contributed by atoms with Gasteiger partial charge in [-0.2, -0.15) is 0 Å². The van der Waals surface area contributed by atoms with Gasteiger partial charge in [0.05, 0.1) is 24.8 Å². The van der Waals surface area contributed by atoms with Gasteiger partial charge in [0.25, 0.3) is 5.91 Å². The van der Waals surface area contributed by atoms with E-state index in [1.54, 1.807) is 36.4 Å². The number of hydrogen-bond donors (Lipinski definition) is 1. The van der Waals surface area contributed by atoms with Crippen LogP contribution in [0, 0.1) is 0 Å². The van der Waals surface area contributed by atoms with Crippen molar-refractivity contribution in [2.75, 3.05) is 46.8 Å². The zero-order chi connectivity index (χ0) is 19.1. The molecule has 2 aromatic carbocycles. The Morgan fingerprint density at radius 1 is 1.12 bits per heavy atom. The molecule has 0 aliphatic rings. The summed E-state index contributed by atoms with van der Waals surface area (Å²) in [6.07, 6.45) is 0. The number of ether oxygens (including phenoxy) is 3. The third kappa shape index (κ3) is 5.03. The number of amides is 1. The van der Waals surface area contributed by atoms with Crippen molar-refractivity contribution in [1.29, 1.82) is 0 Å². The fourth-order valence-electron chi connectivity index (χ4n) is 2.30. The Labute approximate surface area is 158 Å². The molecule has 0 spiro atoms. The van der Waals surface area contributed by atoms with Crippen LogP contribution in [0.5, 0.6) is 17.2 Å². The van der Waals surface area contributed by atoms with Crippen molar-refractivity contribution >= 4 is 23.2 Å². The number of rotatable bonds is 8. The number of benzene rings is 2. The van der Waals surface area contributed by atoms with Crippen molar-refractivity contribution in [3.05, 3.63) is 47.0 Å². The molecular weight excluding hydrogens is 356 g/mol. The van der Waals surface area contributed by atoms with Gasteiger partial charge in [-0.05, 0) is 44.4 Å². The molecule has 0 heterocycles. The molecule has 0 fully saturated rings. The summed E-state index contributed by atoms with van der Waals surface area (Å²) in [5.41, 5.74) is 0.930. The number of anilines is 1. The molecule has 0 unspecified atom stereocenters. The van der Waals surface area contributed by atoms with Crippen molar-refractivity contribution in [3.8, 4) is 17.2 Å². The van der Waals surface area contributed by atoms with Crippen LogP contribution in [0.2, 0.25) is 5.02 Å². The van der Waals surface area contributed by atoms with E-state index in [-0.39, 0.29) is 5.91 Å². The molecule has 2 aromatic rings. The lowest BCUT2D eigenvalue weighted by Gasteiger charge is -2.14. The van der Waals surface area contributed by atoms with Crippen LogP contribution in [0.1, 0.15) is 10.4 Å². The standard InChI is InChI=1S/C19H23ClN2O4/c1-22(2)10-11-26-16-9-8-13(12-15(16)20)21-19(23)14-6-5-7-17(24-3)18(14)25-4/h5-9,12H,10-11H2,1-4H3,(H,21,23). The third-order valence-electron chi connectivity index (χ3n) is 3.63. The quantitative estimate of drug-likeness (QED) is 0.761. The van der Waals surface area contributed by atoms with E-state index >= 15 is 0 Å². The minimum absolute atomic E-state index is 0.321. The first-order valence-corrected chi connectivity index (χ1v) is 8.43. The van der Waals surface area contributed by atoms with Crippen molar-refractivity contribution in [2.24, 2.45) is 0 Å². The Hall–Kier alpha value is -2.44. The monoisotopic (exact) mass is 378 g/mol. The van der Waals surface area contributed by atoms with E-state index in [2.05, 4.69) is 5.32 Å². The van der Waals surface area contributed by atoms with Crippen molar-refractivity contribution < 1.29 is 19.0 Å². The van der Waals surface area contributed by atoms with Gasteiger partial charge in [-0.1, -0.05) is 17.7 Å². The highest BCUT2D eigenvalue weighted by atomic mass is 35.5. The van der Waals surface area contributed by atoms with Gasteiger partial charge < -0.3 is 24.4 Å². The summed E-state index contributed by atoms with van der Waals surface area (Å²) in [6, 6.07) is 10.2. The summed E-state index contributed by atoms with van der Waals surface area (Å²) in [7, 11) is 6.95. The Morgan fingerprint density at radius 3 is 2.50 bits per heavy atom. The van der Waals surface area contributed by atoms with E-state index in [9.17, 15) is 4.79 Å². The molecular formula is C19H23ClN2O4. The average Bonchev–Trinajstić information content (AvgIpc) is 2.62. The number of likely N-dealkylation sites (N-methyl/N-ethyl adjacent to an activating group) is 1. The highest BCUT2D eigenvalue weighted by Gasteiger charge is 2.17. The van der Waals surface area contributed by atoms with Gasteiger partial charge in [-0.3, -0.25) is 4.79 Å². The third-order valence-corrected chi connectivity index (χ3v) is 3.93. The van der Waals surface area contributed by atoms with Gasteiger partial charge in [0.2, 0.25) is 0 Å². The fourth-order valence-corrected chi connectivity index (χ4v) is 2.53. The highest BCUT2D eigenvalue weighted by molar-refractivity contribution is 6.32. The molecule has 0 saturated heterocycles. The zero-order valence-corrected chi connectivity index (χ0v) is 16.1. The number of carbonyl (C=O) groups excluding carboxylic acids is 1. The molecule has 0 atom stereocenters. The molecule has 0 radical (unpaired) electrons. The normalized spacial score (nSPS) is 10.5. The Bertz CT molecular complexity index is 765. The molecule has 1 N–H and O–H groups in total. The Balaban J connectivity index is 2.11. The number of nitrogens with one attached hydrogen (secondary N) is 1. The molecule has 140 valence electrons. The minimum Gasteiger partial charge on any atom is -0.493 e. The minimum atomic E-state index is -0.321. The lowest BCUT2D eigenvalue weighted by atomic mass is 10.1. The van der Waals surface area contributed by atoms with Gasteiger partial charge in [-0.25, -0.2) is 0 Å². The van der Waals surface area contributed by atoms with E-state index in [0.29, 0.717) is 40.1 Å². The second-order valence-electron chi connectivity index (χ2n) is 5.79. The first-order valence-electron chi connectivity index (χ1n) is 8.05. The van der Waals surface area contributed by atoms with Gasteiger partial charge in [0.1, 0.15) is 12.4 Å². The maximum absolute atomic E-state index is 12.6. The number of methoxy groups -OCH3 is 2. The maximum Gasteiger partial charge on any atom is 0.259 e. The zero-order valence-electron chi connectivity index (χ0n) is 15.3. The van der Waals surface area contributed by atoms with E-state index in [0.717, 1.165) is 6.54 Å². The summed E-state index contributed by atoms with van der Waals surface area (Å²) < 4.78 is 16.2. The second kappa shape index (κ2) is 9.31. The van der Waals surface area contributed by atoms with E-state index in [4.69, 9.17) is 25.8 Å². The molecule has 0 bridgehead atoms. The predicted octanol–water partition coefficient (Wildman–Crippen LogP) is 3.55. The molecule has 0 saturated carbocycles. The van der Waals surface area contributed by atoms with E-state index in [1.807, 2.05) is 19.0 Å². The van der Waals surface area contributed by atoms with Gasteiger partial charge in [-0.15, -0.1) is 0 Å². The van der Waals surface area contributed by atoms with Gasteiger partial charge in [0, 0.05) is 12.2 Å². The Morgan fingerprint density at radius 2 is 1.88 bits per heavy atom. The van der Waals surface area contributed by atoms with Crippen LogP contribution in [0.4, 0.5) is 5.69 Å². The molecule has 1 amide bonds. The van der Waals surface area contributed by atoms with Gasteiger partial charge in [0.15, 0.2) is 11.5 Å². The summed E-state index contributed by atoms with van der Waals surface area (Å²) in [4.78, 5) is 14.6. The number of para-hydroxylation sites is 1. The predicted molar refractivity (Wildman–Crippen MR) is 103 cm³/mol. The fraction of sp³-hybridized carbons (Fsp3) is 0.316. The second-order valence-corrected chi connectivity index (χ2v) is 6.20. The lowest BCUT2D eigenvalue weighted by molar-refractivity contribution is 0.102. The van der Waals surface area contributed by atoms with Crippen LogP contribution in [0.25, 0.3) is 0 Å². The topological polar surface area (TPSA) is 60.0 Å². The highest BCUT2D eigenvalue weighted by Crippen LogP contribution is 2.32. The van der Waals surface area contributed by atoms with Crippen LogP contribution in [0.15, 0.2) is 36.4 Å². The molecule has 2 rings (SSSR count). The summed E-state index contributed by atoms with van der Waals surface area (Å²) >= 11 is 6.25. The van der Waals surface area contributed by atoms with Crippen LogP contribution in [0.3, 0.4) is 0 Å². The van der Waals surface area contributed by atoms with E-state index in [1.165, 1.54) is 14.2 Å². The molecule has 26 heavy (non-hydrogen) atoms. The summed E-state index contributed by atoms with van der Waals surface area (Å²) in [6.45, 7) is 1.31. The molecule has 7 heteroatoms. The first-order chi connectivity index (χ1) is 12.5. The smallest absolute Gasteiger partial charge is 0.259 e. The van der Waals surface area contributed by atoms with Crippen LogP contribution in [-0.4, -0.2) is 52.3 Å². The van der Waals surface area contributed by atoms with Crippen LogP contribution < -0.4 is 19.5 Å². The van der Waals surface area contributed by atoms with Crippen molar-refractivity contribution in [2.45, 2.75) is 0 Å². The summed E-state index contributed by atoms with van der Waals surface area (Å²) in [5, 5.41) is 3.23. The van der Waals surface area contributed by atoms with Crippen molar-refractivity contribution in [3.63, 3.8) is 0 Å². The van der Waals surface area contributed by atoms with E-state index < -0.39 is 0 Å². The first kappa shape index (κ1) is 19.9. The number of nitrogens with zero attached hydrogens (tertiary/aromatic N) is 1. The van der Waals surface area contributed by atoms with Crippen LogP contribution >= 0.6 is 11.6 Å². The number of halogens is 1. The largest absolute Gasteiger partial charge is 0.493 e. The molecule has 0 aromatic heterocycles. The van der Waals surface area contributed by atoms with Crippen molar-refractivity contribution in [1.82, 2.24) is 4.90 Å². The lowest BCUT2D eigenvalue weighted by Crippen LogP contribution is -2.19. The SMILES string of the molecule is COc1cccc(C(=O)Nc2ccc(OCCN(C)C)c(Cl)c2)c1OC. The Kier molecular flexibility index (Phi) is 7.12. The maximum atomic E-state index is 12.6. The number of hydrogen-bond acceptors (Lipinski definition) is 5. The average molecular weight is 379 g/mol.